The minimum Gasteiger partial charge on any atom is -0.392 e. The summed E-state index contributed by atoms with van der Waals surface area (Å²) in [5.41, 5.74) is 2.25. The highest BCUT2D eigenvalue weighted by Crippen LogP contribution is 2.32. The number of hydrogen-bond donors (Lipinski definition) is 2. The van der Waals surface area contributed by atoms with Crippen molar-refractivity contribution in [1.82, 2.24) is 14.9 Å². The van der Waals surface area contributed by atoms with Crippen LogP contribution in [0.15, 0.2) is 36.5 Å². The standard InChI is InChI=1S/C16H21N3O/c1-12-18-10-15(9-17-11-16(20)13-7-8-13)19(12)14-5-3-2-4-6-14/h2-6,10,13,16-17,20H,7-9,11H2,1H3. The van der Waals surface area contributed by atoms with E-state index in [1.807, 2.05) is 31.3 Å². The second-order valence-corrected chi connectivity index (χ2v) is 5.50. The Morgan fingerprint density at radius 1 is 1.35 bits per heavy atom. The maximum atomic E-state index is 9.87. The summed E-state index contributed by atoms with van der Waals surface area (Å²) in [6.45, 7) is 3.39. The van der Waals surface area contributed by atoms with Gasteiger partial charge in [0.15, 0.2) is 0 Å². The molecule has 4 nitrogen and oxygen atoms in total. The zero-order valence-electron chi connectivity index (χ0n) is 11.8. The number of para-hydroxylation sites is 1. The Morgan fingerprint density at radius 3 is 2.80 bits per heavy atom. The molecule has 1 atom stereocenters. The van der Waals surface area contributed by atoms with Crippen LogP contribution < -0.4 is 5.32 Å². The highest BCUT2D eigenvalue weighted by Gasteiger charge is 2.29. The Labute approximate surface area is 119 Å². The molecule has 3 rings (SSSR count). The van der Waals surface area contributed by atoms with E-state index in [-0.39, 0.29) is 6.10 Å². The highest BCUT2D eigenvalue weighted by atomic mass is 16.3. The zero-order chi connectivity index (χ0) is 13.9. The van der Waals surface area contributed by atoms with Gasteiger partial charge in [-0.2, -0.15) is 0 Å². The molecular formula is C16H21N3O. The Kier molecular flexibility index (Phi) is 3.85. The van der Waals surface area contributed by atoms with Crippen LogP contribution in [-0.4, -0.2) is 27.3 Å². The number of hydrogen-bond acceptors (Lipinski definition) is 3. The molecule has 4 heteroatoms. The van der Waals surface area contributed by atoms with Crippen molar-refractivity contribution in [3.8, 4) is 5.69 Å². The summed E-state index contributed by atoms with van der Waals surface area (Å²) in [5.74, 6) is 1.50. The molecule has 1 unspecified atom stereocenters. The number of aliphatic hydroxyl groups is 1. The van der Waals surface area contributed by atoms with E-state index in [0.717, 1.165) is 23.8 Å². The third-order valence-corrected chi connectivity index (χ3v) is 3.85. The predicted octanol–water partition coefficient (Wildman–Crippen LogP) is 2.04. The van der Waals surface area contributed by atoms with Gasteiger partial charge in [-0.25, -0.2) is 4.98 Å². The Balaban J connectivity index is 1.67. The highest BCUT2D eigenvalue weighted by molar-refractivity contribution is 5.35. The average molecular weight is 271 g/mol. The van der Waals surface area contributed by atoms with Gasteiger partial charge in [-0.3, -0.25) is 4.57 Å². The number of nitrogens with one attached hydrogen (secondary N) is 1. The van der Waals surface area contributed by atoms with Gasteiger partial charge in [0.25, 0.3) is 0 Å². The number of benzene rings is 1. The Hall–Kier alpha value is -1.65. The molecule has 1 fully saturated rings. The summed E-state index contributed by atoms with van der Waals surface area (Å²) >= 11 is 0. The summed E-state index contributed by atoms with van der Waals surface area (Å²) in [6.07, 6.45) is 4.04. The van der Waals surface area contributed by atoms with Crippen molar-refractivity contribution in [2.24, 2.45) is 5.92 Å². The minimum atomic E-state index is -0.204. The lowest BCUT2D eigenvalue weighted by Gasteiger charge is -2.13. The average Bonchev–Trinajstić information content (AvgIpc) is 3.25. The van der Waals surface area contributed by atoms with E-state index < -0.39 is 0 Å². The molecule has 0 aliphatic heterocycles. The van der Waals surface area contributed by atoms with E-state index in [4.69, 9.17) is 0 Å². The third-order valence-electron chi connectivity index (χ3n) is 3.85. The first-order chi connectivity index (χ1) is 9.75. The second-order valence-electron chi connectivity index (χ2n) is 5.50. The van der Waals surface area contributed by atoms with E-state index in [1.165, 1.54) is 12.8 Å². The van der Waals surface area contributed by atoms with Gasteiger partial charge < -0.3 is 10.4 Å². The van der Waals surface area contributed by atoms with Crippen molar-refractivity contribution in [2.45, 2.75) is 32.4 Å². The molecule has 20 heavy (non-hydrogen) atoms. The summed E-state index contributed by atoms with van der Waals surface area (Å²) in [5, 5.41) is 13.2. The van der Waals surface area contributed by atoms with Crippen molar-refractivity contribution >= 4 is 0 Å². The van der Waals surface area contributed by atoms with Crippen LogP contribution >= 0.6 is 0 Å². The molecule has 0 radical (unpaired) electrons. The van der Waals surface area contributed by atoms with E-state index in [0.29, 0.717) is 12.5 Å². The molecule has 2 aromatic rings. The summed E-state index contributed by atoms with van der Waals surface area (Å²) in [4.78, 5) is 4.40. The van der Waals surface area contributed by atoms with Gasteiger partial charge >= 0.3 is 0 Å². The minimum absolute atomic E-state index is 0.204. The topological polar surface area (TPSA) is 50.1 Å². The zero-order valence-corrected chi connectivity index (χ0v) is 11.8. The molecule has 1 aromatic carbocycles. The number of rotatable bonds is 6. The summed E-state index contributed by atoms with van der Waals surface area (Å²) in [6, 6.07) is 10.2. The fourth-order valence-electron chi connectivity index (χ4n) is 2.54. The molecule has 1 heterocycles. The number of aliphatic hydroxyl groups excluding tert-OH is 1. The molecule has 2 N–H and O–H groups in total. The van der Waals surface area contributed by atoms with Crippen molar-refractivity contribution < 1.29 is 5.11 Å². The molecule has 0 saturated heterocycles. The van der Waals surface area contributed by atoms with Crippen LogP contribution in [-0.2, 0) is 6.54 Å². The van der Waals surface area contributed by atoms with Crippen LogP contribution in [0.4, 0.5) is 0 Å². The number of imidazole rings is 1. The quantitative estimate of drug-likeness (QED) is 0.845. The smallest absolute Gasteiger partial charge is 0.110 e. The first kappa shape index (κ1) is 13.3. The fraction of sp³-hybridized carbons (Fsp3) is 0.438. The van der Waals surface area contributed by atoms with Gasteiger partial charge in [0.1, 0.15) is 5.82 Å². The maximum absolute atomic E-state index is 9.87. The summed E-state index contributed by atoms with van der Waals surface area (Å²) < 4.78 is 2.15. The van der Waals surface area contributed by atoms with Crippen molar-refractivity contribution in [1.29, 1.82) is 0 Å². The van der Waals surface area contributed by atoms with Crippen LogP contribution in [0.1, 0.15) is 24.4 Å². The monoisotopic (exact) mass is 271 g/mol. The SMILES string of the molecule is Cc1ncc(CNCC(O)C2CC2)n1-c1ccccc1. The van der Waals surface area contributed by atoms with Gasteiger partial charge in [-0.1, -0.05) is 18.2 Å². The van der Waals surface area contributed by atoms with E-state index in [1.54, 1.807) is 0 Å². The fourth-order valence-corrected chi connectivity index (χ4v) is 2.54. The van der Waals surface area contributed by atoms with Crippen molar-refractivity contribution in [2.75, 3.05) is 6.54 Å². The summed E-state index contributed by atoms with van der Waals surface area (Å²) in [7, 11) is 0. The van der Waals surface area contributed by atoms with Crippen LogP contribution in [0.5, 0.6) is 0 Å². The van der Waals surface area contributed by atoms with E-state index >= 15 is 0 Å². The molecule has 1 aromatic heterocycles. The molecule has 0 spiro atoms. The van der Waals surface area contributed by atoms with Gasteiger partial charge in [0, 0.05) is 18.8 Å². The lowest BCUT2D eigenvalue weighted by Crippen LogP contribution is -2.28. The van der Waals surface area contributed by atoms with Crippen LogP contribution in [0, 0.1) is 12.8 Å². The Morgan fingerprint density at radius 2 is 2.10 bits per heavy atom. The molecule has 1 saturated carbocycles. The lowest BCUT2D eigenvalue weighted by molar-refractivity contribution is 0.148. The molecular weight excluding hydrogens is 250 g/mol. The molecule has 0 amide bonds. The Bertz CT molecular complexity index is 560. The first-order valence-electron chi connectivity index (χ1n) is 7.23. The normalized spacial score (nSPS) is 16.3. The van der Waals surface area contributed by atoms with E-state index in [9.17, 15) is 5.11 Å². The molecule has 1 aliphatic rings. The second kappa shape index (κ2) is 5.77. The maximum Gasteiger partial charge on any atom is 0.110 e. The van der Waals surface area contributed by atoms with Gasteiger partial charge in [-0.05, 0) is 37.8 Å². The van der Waals surface area contributed by atoms with Crippen LogP contribution in [0.2, 0.25) is 0 Å². The van der Waals surface area contributed by atoms with Crippen molar-refractivity contribution in [3.05, 3.63) is 48.0 Å². The van der Waals surface area contributed by atoms with Gasteiger partial charge in [0.2, 0.25) is 0 Å². The van der Waals surface area contributed by atoms with Crippen LogP contribution in [0.25, 0.3) is 5.69 Å². The predicted molar refractivity (Wildman–Crippen MR) is 78.7 cm³/mol. The third kappa shape index (κ3) is 2.92. The van der Waals surface area contributed by atoms with E-state index in [2.05, 4.69) is 27.0 Å². The van der Waals surface area contributed by atoms with Crippen molar-refractivity contribution in [3.63, 3.8) is 0 Å². The van der Waals surface area contributed by atoms with Crippen LogP contribution in [0.3, 0.4) is 0 Å². The van der Waals surface area contributed by atoms with Gasteiger partial charge in [0.05, 0.1) is 18.0 Å². The number of nitrogens with zero attached hydrogens (tertiary/aromatic N) is 2. The lowest BCUT2D eigenvalue weighted by atomic mass is 10.2. The largest absolute Gasteiger partial charge is 0.392 e. The number of aryl methyl sites for hydroxylation is 1. The van der Waals surface area contributed by atoms with Gasteiger partial charge in [-0.15, -0.1) is 0 Å². The number of aromatic nitrogens is 2. The molecule has 106 valence electrons. The molecule has 0 bridgehead atoms. The first-order valence-corrected chi connectivity index (χ1v) is 7.23. The molecule has 1 aliphatic carbocycles.